The first-order valence-corrected chi connectivity index (χ1v) is 12.6. The molecule has 4 aromatic rings. The molecule has 2 aliphatic rings. The number of aromatic hydroxyl groups is 2. The molecule has 1 spiro atoms. The van der Waals surface area contributed by atoms with Crippen LogP contribution in [-0.4, -0.2) is 35.2 Å². The van der Waals surface area contributed by atoms with E-state index in [1.165, 1.54) is 30.3 Å². The van der Waals surface area contributed by atoms with Gasteiger partial charge in [-0.05, 0) is 68.4 Å². The van der Waals surface area contributed by atoms with Crippen molar-refractivity contribution in [2.45, 2.75) is 25.0 Å². The summed E-state index contributed by atoms with van der Waals surface area (Å²) in [5.41, 5.74) is 2.47. The number of rotatable bonds is 5. The number of esters is 1. The predicted molar refractivity (Wildman–Crippen MR) is 145 cm³/mol. The van der Waals surface area contributed by atoms with Gasteiger partial charge in [0.05, 0.1) is 5.56 Å². The van der Waals surface area contributed by atoms with Crippen LogP contribution in [0.2, 0.25) is 0 Å². The predicted octanol–water partition coefficient (Wildman–Crippen LogP) is 5.07. The van der Waals surface area contributed by atoms with Crippen LogP contribution in [-0.2, 0) is 16.8 Å². The van der Waals surface area contributed by atoms with E-state index < -0.39 is 11.6 Å². The maximum Gasteiger partial charge on any atom is 0.340 e. The van der Waals surface area contributed by atoms with E-state index in [2.05, 4.69) is 17.6 Å². The van der Waals surface area contributed by atoms with Gasteiger partial charge in [-0.25, -0.2) is 4.79 Å². The summed E-state index contributed by atoms with van der Waals surface area (Å²) < 4.78 is 12.1. The third-order valence-electron chi connectivity index (χ3n) is 7.32. The molecule has 1 amide bonds. The van der Waals surface area contributed by atoms with E-state index >= 15 is 0 Å². The number of anilines is 1. The highest BCUT2D eigenvalue weighted by atomic mass is 16.6. The summed E-state index contributed by atoms with van der Waals surface area (Å²) in [6, 6.07) is 21.9. The van der Waals surface area contributed by atoms with Crippen LogP contribution in [0.4, 0.5) is 5.69 Å². The lowest BCUT2D eigenvalue weighted by molar-refractivity contribution is 0.0224. The lowest BCUT2D eigenvalue weighted by Gasteiger charge is -2.36. The van der Waals surface area contributed by atoms with E-state index in [1.54, 1.807) is 24.3 Å². The summed E-state index contributed by atoms with van der Waals surface area (Å²) in [5.74, 6) is -0.394. The van der Waals surface area contributed by atoms with Crippen molar-refractivity contribution < 1.29 is 29.3 Å². The smallest absolute Gasteiger partial charge is 0.340 e. The Hall–Kier alpha value is -4.82. The number of para-hydroxylation sites is 1. The Morgan fingerprint density at radius 3 is 2.21 bits per heavy atom. The molecule has 0 saturated heterocycles. The molecule has 0 aliphatic carbocycles. The molecule has 0 fully saturated rings. The van der Waals surface area contributed by atoms with Gasteiger partial charge in [0.2, 0.25) is 0 Å². The number of carbonyl (C=O) groups is 2. The van der Waals surface area contributed by atoms with Crippen LogP contribution in [0.3, 0.4) is 0 Å². The number of nitrogens with one attached hydrogen (secondary N) is 2. The third kappa shape index (κ3) is 3.97. The van der Waals surface area contributed by atoms with Crippen molar-refractivity contribution in [2.75, 3.05) is 12.4 Å². The first kappa shape index (κ1) is 24.5. The molecule has 4 N–H and O–H groups in total. The minimum Gasteiger partial charge on any atom is -0.508 e. The third-order valence-corrected chi connectivity index (χ3v) is 7.32. The molecule has 0 aromatic heterocycles. The maximum atomic E-state index is 13.3. The van der Waals surface area contributed by atoms with Gasteiger partial charge >= 0.3 is 5.97 Å². The Labute approximate surface area is 224 Å². The zero-order valence-electron chi connectivity index (χ0n) is 21.3. The molecule has 6 rings (SSSR count). The topological polar surface area (TPSA) is 117 Å². The molecule has 0 bridgehead atoms. The lowest BCUT2D eigenvalue weighted by Crippen LogP contribution is -2.32. The van der Waals surface area contributed by atoms with E-state index in [-0.39, 0.29) is 29.0 Å². The summed E-state index contributed by atoms with van der Waals surface area (Å²) >= 11 is 0. The van der Waals surface area contributed by atoms with Crippen molar-refractivity contribution in [1.82, 2.24) is 5.32 Å². The summed E-state index contributed by atoms with van der Waals surface area (Å²) in [6.45, 7) is 2.07. The molecule has 8 heteroatoms. The van der Waals surface area contributed by atoms with Crippen LogP contribution in [0.1, 0.15) is 49.9 Å². The summed E-state index contributed by atoms with van der Waals surface area (Å²) in [7, 11) is 1.89. The first-order valence-electron chi connectivity index (χ1n) is 12.6. The molecule has 39 heavy (non-hydrogen) atoms. The molecule has 0 unspecified atom stereocenters. The first-order chi connectivity index (χ1) is 18.8. The maximum absolute atomic E-state index is 13.3. The van der Waals surface area contributed by atoms with E-state index in [0.29, 0.717) is 39.4 Å². The highest BCUT2D eigenvalue weighted by Gasteiger charge is 2.53. The van der Waals surface area contributed by atoms with Gasteiger partial charge in [-0.1, -0.05) is 24.3 Å². The Morgan fingerprint density at radius 1 is 0.897 bits per heavy atom. The van der Waals surface area contributed by atoms with Gasteiger partial charge in [-0.3, -0.25) is 4.79 Å². The number of phenolic OH excluding ortho intramolecular Hbond substituents is 2. The molecule has 0 radical (unpaired) electrons. The number of likely N-dealkylation sites (N-methyl/N-ethyl adjacent to an activating group) is 1. The van der Waals surface area contributed by atoms with Crippen LogP contribution < -0.4 is 15.4 Å². The van der Waals surface area contributed by atoms with Crippen molar-refractivity contribution in [3.63, 3.8) is 0 Å². The van der Waals surface area contributed by atoms with Crippen molar-refractivity contribution in [1.29, 1.82) is 0 Å². The molecule has 196 valence electrons. The Balaban J connectivity index is 1.42. The number of benzene rings is 4. The number of amides is 1. The highest BCUT2D eigenvalue weighted by Crippen LogP contribution is 2.57. The van der Waals surface area contributed by atoms with Crippen LogP contribution in [0.25, 0.3) is 0 Å². The second kappa shape index (κ2) is 9.18. The van der Waals surface area contributed by atoms with Crippen molar-refractivity contribution in [3.8, 4) is 23.0 Å². The van der Waals surface area contributed by atoms with Gasteiger partial charge in [-0.2, -0.15) is 0 Å². The molecule has 2 aliphatic heterocycles. The van der Waals surface area contributed by atoms with Gasteiger partial charge in [0.25, 0.3) is 5.91 Å². The molecule has 8 nitrogen and oxygen atoms in total. The number of carbonyl (C=O) groups excluding carboxylic acids is 2. The van der Waals surface area contributed by atoms with E-state index in [0.717, 1.165) is 12.0 Å². The summed E-state index contributed by atoms with van der Waals surface area (Å²) in [6.07, 6.45) is 0.734. The van der Waals surface area contributed by atoms with Gasteiger partial charge in [0, 0.05) is 46.1 Å². The normalized spacial score (nSPS) is 15.0. The number of phenols is 2. The Morgan fingerprint density at radius 2 is 1.54 bits per heavy atom. The Kier molecular flexibility index (Phi) is 5.77. The summed E-state index contributed by atoms with van der Waals surface area (Å²) in [5, 5.41) is 26.4. The monoisotopic (exact) mass is 522 g/mol. The van der Waals surface area contributed by atoms with E-state index in [1.807, 2.05) is 31.3 Å². The lowest BCUT2D eigenvalue weighted by atomic mass is 9.77. The number of hydrogen-bond acceptors (Lipinski definition) is 7. The minimum absolute atomic E-state index is 0.0199. The van der Waals surface area contributed by atoms with Gasteiger partial charge in [0.15, 0.2) is 5.60 Å². The fraction of sp³-hybridized carbons (Fsp3) is 0.161. The zero-order chi connectivity index (χ0) is 27.3. The van der Waals surface area contributed by atoms with Crippen molar-refractivity contribution in [3.05, 3.63) is 112 Å². The molecule has 2 heterocycles. The SMILES string of the molecule is CN[C@@H](C)Cc1ccccc1NC(=O)c1ccc2c(c1)C(=O)OC21c2ccc(O)cc2Oc2cc(O)ccc21. The van der Waals surface area contributed by atoms with Crippen LogP contribution in [0.15, 0.2) is 78.9 Å². The second-order valence-electron chi connectivity index (χ2n) is 9.80. The quantitative estimate of drug-likeness (QED) is 0.271. The van der Waals surface area contributed by atoms with Gasteiger partial charge in [-0.15, -0.1) is 0 Å². The minimum atomic E-state index is -1.37. The number of fused-ring (bicyclic) bond motifs is 6. The Bertz CT molecular complexity index is 1590. The molecule has 1 atom stereocenters. The highest BCUT2D eigenvalue weighted by molar-refractivity contribution is 6.07. The van der Waals surface area contributed by atoms with Crippen molar-refractivity contribution in [2.24, 2.45) is 0 Å². The van der Waals surface area contributed by atoms with E-state index in [9.17, 15) is 19.8 Å². The van der Waals surface area contributed by atoms with E-state index in [4.69, 9.17) is 9.47 Å². The van der Waals surface area contributed by atoms with Gasteiger partial charge < -0.3 is 30.3 Å². The largest absolute Gasteiger partial charge is 0.508 e. The number of ether oxygens (including phenoxy) is 2. The molecular weight excluding hydrogens is 496 g/mol. The van der Waals surface area contributed by atoms with Crippen LogP contribution >= 0.6 is 0 Å². The average Bonchev–Trinajstić information content (AvgIpc) is 3.21. The molecular formula is C31H26N2O6. The van der Waals surface area contributed by atoms with Crippen LogP contribution in [0.5, 0.6) is 23.0 Å². The fourth-order valence-corrected chi connectivity index (χ4v) is 5.29. The average molecular weight is 523 g/mol. The standard InChI is InChI=1S/C31H26N2O6/c1-17(32-2)13-18-5-3-4-6-26(18)33-29(36)19-7-10-23-22(14-19)30(37)39-31(23)24-11-8-20(34)15-27(24)38-28-16-21(35)9-12-25(28)31/h3-12,14-17,32,34-35H,13H2,1-2H3,(H,33,36)/t17-/m0/s1. The zero-order valence-corrected chi connectivity index (χ0v) is 21.3. The summed E-state index contributed by atoms with van der Waals surface area (Å²) in [4.78, 5) is 26.6. The molecule has 0 saturated carbocycles. The second-order valence-corrected chi connectivity index (χ2v) is 9.80. The van der Waals surface area contributed by atoms with Gasteiger partial charge in [0.1, 0.15) is 23.0 Å². The fourth-order valence-electron chi connectivity index (χ4n) is 5.29. The molecule has 4 aromatic carbocycles. The number of hydrogen-bond donors (Lipinski definition) is 4. The van der Waals surface area contributed by atoms with Crippen LogP contribution in [0, 0.1) is 0 Å². The van der Waals surface area contributed by atoms with Crippen molar-refractivity contribution >= 4 is 17.6 Å².